The summed E-state index contributed by atoms with van der Waals surface area (Å²) in [6.45, 7) is 12.0. The third-order valence-corrected chi connectivity index (χ3v) is 4.92. The molecule has 126 valence electrons. The third kappa shape index (κ3) is 7.11. The fourth-order valence-electron chi connectivity index (χ4n) is 1.96. The Morgan fingerprint density at radius 2 is 2.14 bits per heavy atom. The van der Waals surface area contributed by atoms with E-state index >= 15 is 0 Å². The number of hydrogen-bond donors (Lipinski definition) is 1. The van der Waals surface area contributed by atoms with Gasteiger partial charge in [-0.2, -0.15) is 0 Å². The standard InChI is InChI=1S/C16H27BrN2O2S/c1-6-19(15(20)21-16(3,4)5)11-7-10-18-12(2)13-8-9-14(17)22-13/h8-9,12,18H,6-7,10-11H2,1-5H3. The minimum Gasteiger partial charge on any atom is -0.444 e. The molecular formula is C16H27BrN2O2S. The summed E-state index contributed by atoms with van der Waals surface area (Å²) >= 11 is 5.23. The molecule has 6 heteroatoms. The van der Waals surface area contributed by atoms with E-state index in [9.17, 15) is 4.79 Å². The van der Waals surface area contributed by atoms with E-state index in [4.69, 9.17) is 4.74 Å². The van der Waals surface area contributed by atoms with Crippen LogP contribution in [0.3, 0.4) is 0 Å². The zero-order valence-electron chi connectivity index (χ0n) is 14.1. The number of hydrogen-bond acceptors (Lipinski definition) is 4. The molecule has 1 aromatic rings. The molecule has 0 aliphatic heterocycles. The van der Waals surface area contributed by atoms with Crippen LogP contribution in [0.4, 0.5) is 4.79 Å². The summed E-state index contributed by atoms with van der Waals surface area (Å²) in [5.74, 6) is 0. The van der Waals surface area contributed by atoms with Crippen LogP contribution in [0.2, 0.25) is 0 Å². The Morgan fingerprint density at radius 3 is 2.64 bits per heavy atom. The topological polar surface area (TPSA) is 41.6 Å². The highest BCUT2D eigenvalue weighted by molar-refractivity contribution is 9.11. The molecule has 1 rings (SSSR count). The van der Waals surface area contributed by atoms with Crippen molar-refractivity contribution in [2.75, 3.05) is 19.6 Å². The summed E-state index contributed by atoms with van der Waals surface area (Å²) in [4.78, 5) is 15.1. The first-order chi connectivity index (χ1) is 10.2. The average molecular weight is 391 g/mol. The number of ether oxygens (including phenoxy) is 1. The van der Waals surface area contributed by atoms with Gasteiger partial charge in [-0.05, 0) is 75.6 Å². The lowest BCUT2D eigenvalue weighted by atomic mass is 10.2. The van der Waals surface area contributed by atoms with Crippen molar-refractivity contribution < 1.29 is 9.53 Å². The molecule has 0 aliphatic rings. The van der Waals surface area contributed by atoms with Crippen LogP contribution in [0.5, 0.6) is 0 Å². The van der Waals surface area contributed by atoms with Gasteiger partial charge in [0, 0.05) is 24.0 Å². The van der Waals surface area contributed by atoms with E-state index in [2.05, 4.69) is 40.3 Å². The zero-order chi connectivity index (χ0) is 16.8. The summed E-state index contributed by atoms with van der Waals surface area (Å²) in [6.07, 6.45) is 0.675. The lowest BCUT2D eigenvalue weighted by molar-refractivity contribution is 0.0258. The molecule has 1 unspecified atom stereocenters. The molecule has 0 spiro atoms. The molecule has 0 bridgehead atoms. The van der Waals surface area contributed by atoms with Crippen molar-refractivity contribution in [2.24, 2.45) is 0 Å². The largest absolute Gasteiger partial charge is 0.444 e. The maximum absolute atomic E-state index is 12.0. The molecule has 0 fully saturated rings. The number of carbonyl (C=O) groups excluding carboxylic acids is 1. The van der Waals surface area contributed by atoms with Gasteiger partial charge in [0.25, 0.3) is 0 Å². The van der Waals surface area contributed by atoms with Gasteiger partial charge in [-0.1, -0.05) is 0 Å². The van der Waals surface area contributed by atoms with E-state index in [1.807, 2.05) is 27.7 Å². The molecule has 0 saturated heterocycles. The molecular weight excluding hydrogens is 364 g/mol. The third-order valence-electron chi connectivity index (χ3n) is 3.11. The SMILES string of the molecule is CCN(CCCNC(C)c1ccc(Br)s1)C(=O)OC(C)(C)C. The maximum atomic E-state index is 12.0. The normalized spacial score (nSPS) is 13.0. The molecule has 22 heavy (non-hydrogen) atoms. The minimum absolute atomic E-state index is 0.231. The van der Waals surface area contributed by atoms with Crippen LogP contribution in [-0.4, -0.2) is 36.2 Å². The van der Waals surface area contributed by atoms with Gasteiger partial charge in [0.1, 0.15) is 5.60 Å². The van der Waals surface area contributed by atoms with Crippen LogP contribution in [-0.2, 0) is 4.74 Å². The monoisotopic (exact) mass is 390 g/mol. The number of carbonyl (C=O) groups is 1. The van der Waals surface area contributed by atoms with Crippen molar-refractivity contribution in [2.45, 2.75) is 52.7 Å². The number of thiophene rings is 1. The summed E-state index contributed by atoms with van der Waals surface area (Å²) in [6, 6.07) is 4.53. The Hall–Kier alpha value is -0.590. The van der Waals surface area contributed by atoms with Crippen molar-refractivity contribution in [3.05, 3.63) is 20.8 Å². The van der Waals surface area contributed by atoms with Gasteiger partial charge >= 0.3 is 6.09 Å². The Labute approximate surface area is 146 Å². The predicted octanol–water partition coefficient (Wildman–Crippen LogP) is 4.81. The van der Waals surface area contributed by atoms with E-state index < -0.39 is 5.60 Å². The van der Waals surface area contributed by atoms with Gasteiger partial charge in [0.2, 0.25) is 0 Å². The van der Waals surface area contributed by atoms with Crippen molar-refractivity contribution in [1.82, 2.24) is 10.2 Å². The molecule has 0 radical (unpaired) electrons. The zero-order valence-corrected chi connectivity index (χ0v) is 16.5. The lowest BCUT2D eigenvalue weighted by Gasteiger charge is -2.26. The average Bonchev–Trinajstić information content (AvgIpc) is 2.83. The van der Waals surface area contributed by atoms with E-state index in [1.165, 1.54) is 4.88 Å². The highest BCUT2D eigenvalue weighted by atomic mass is 79.9. The van der Waals surface area contributed by atoms with Crippen LogP contribution in [0, 0.1) is 0 Å². The molecule has 4 nitrogen and oxygen atoms in total. The summed E-state index contributed by atoms with van der Waals surface area (Å²) in [7, 11) is 0. The number of nitrogens with one attached hydrogen (secondary N) is 1. The van der Waals surface area contributed by atoms with E-state index in [-0.39, 0.29) is 6.09 Å². The molecule has 1 heterocycles. The first-order valence-corrected chi connectivity index (χ1v) is 9.30. The second kappa shape index (κ2) is 8.89. The van der Waals surface area contributed by atoms with E-state index in [0.29, 0.717) is 19.1 Å². The van der Waals surface area contributed by atoms with Crippen molar-refractivity contribution in [1.29, 1.82) is 0 Å². The number of rotatable bonds is 7. The fourth-order valence-corrected chi connectivity index (χ4v) is 3.41. The first-order valence-electron chi connectivity index (χ1n) is 7.69. The second-order valence-electron chi connectivity index (χ2n) is 6.23. The number of amides is 1. The highest BCUT2D eigenvalue weighted by Crippen LogP contribution is 2.26. The van der Waals surface area contributed by atoms with Crippen molar-refractivity contribution in [3.63, 3.8) is 0 Å². The van der Waals surface area contributed by atoms with Crippen LogP contribution in [0.25, 0.3) is 0 Å². The van der Waals surface area contributed by atoms with E-state index in [0.717, 1.165) is 16.8 Å². The maximum Gasteiger partial charge on any atom is 0.410 e. The minimum atomic E-state index is -0.441. The Kier molecular flexibility index (Phi) is 7.86. The van der Waals surface area contributed by atoms with Crippen molar-refractivity contribution in [3.8, 4) is 0 Å². The molecule has 1 amide bonds. The Morgan fingerprint density at radius 1 is 1.45 bits per heavy atom. The molecule has 0 saturated carbocycles. The Bertz CT molecular complexity index is 471. The van der Waals surface area contributed by atoms with Crippen LogP contribution in [0.15, 0.2) is 15.9 Å². The van der Waals surface area contributed by atoms with Gasteiger partial charge in [0.15, 0.2) is 0 Å². The second-order valence-corrected chi connectivity index (χ2v) is 8.73. The molecule has 1 aromatic heterocycles. The van der Waals surface area contributed by atoms with Crippen LogP contribution in [0.1, 0.15) is 52.0 Å². The predicted molar refractivity (Wildman–Crippen MR) is 96.5 cm³/mol. The van der Waals surface area contributed by atoms with Gasteiger partial charge < -0.3 is 15.0 Å². The number of halogens is 1. The molecule has 0 aliphatic carbocycles. The smallest absolute Gasteiger partial charge is 0.410 e. The highest BCUT2D eigenvalue weighted by Gasteiger charge is 2.20. The summed E-state index contributed by atoms with van der Waals surface area (Å²) in [5.41, 5.74) is -0.441. The van der Waals surface area contributed by atoms with Gasteiger partial charge in [-0.3, -0.25) is 0 Å². The summed E-state index contributed by atoms with van der Waals surface area (Å²) < 4.78 is 6.56. The van der Waals surface area contributed by atoms with Gasteiger partial charge in [0.05, 0.1) is 3.79 Å². The van der Waals surface area contributed by atoms with Crippen molar-refractivity contribution >= 4 is 33.4 Å². The van der Waals surface area contributed by atoms with Gasteiger partial charge in [-0.25, -0.2) is 4.79 Å². The van der Waals surface area contributed by atoms with Crippen LogP contribution >= 0.6 is 27.3 Å². The Balaban J connectivity index is 2.31. The molecule has 1 N–H and O–H groups in total. The van der Waals surface area contributed by atoms with Gasteiger partial charge in [-0.15, -0.1) is 11.3 Å². The lowest BCUT2D eigenvalue weighted by Crippen LogP contribution is -2.38. The first kappa shape index (κ1) is 19.5. The fraction of sp³-hybridized carbons (Fsp3) is 0.688. The van der Waals surface area contributed by atoms with Crippen LogP contribution < -0.4 is 5.32 Å². The quantitative estimate of drug-likeness (QED) is 0.679. The molecule has 1 atom stereocenters. The molecule has 0 aromatic carbocycles. The summed E-state index contributed by atoms with van der Waals surface area (Å²) in [5, 5.41) is 3.49. The van der Waals surface area contributed by atoms with E-state index in [1.54, 1.807) is 16.2 Å². The number of nitrogens with zero attached hydrogens (tertiary/aromatic N) is 1.